The number of carbonyl (C=O) groups excluding carboxylic acids is 1. The predicted octanol–water partition coefficient (Wildman–Crippen LogP) is 2.72. The molecule has 1 N–H and O–H groups in total. The Balaban J connectivity index is 1.14. The van der Waals surface area contributed by atoms with Crippen LogP contribution in [0.1, 0.15) is 32.3 Å². The number of amides is 1. The molecule has 1 aromatic heterocycles. The second kappa shape index (κ2) is 13.2. The number of fused-ring (bicyclic) bond motifs is 2. The van der Waals surface area contributed by atoms with E-state index in [1.807, 2.05) is 43.2 Å². The van der Waals surface area contributed by atoms with Gasteiger partial charge in [0.25, 0.3) is 0 Å². The number of rotatable bonds is 10. The highest BCUT2D eigenvalue weighted by Gasteiger charge is 2.46. The van der Waals surface area contributed by atoms with Crippen molar-refractivity contribution in [1.29, 1.82) is 0 Å². The van der Waals surface area contributed by atoms with Crippen molar-refractivity contribution in [2.24, 2.45) is 4.99 Å². The molecular formula is C29H41ClN8O3S. The summed E-state index contributed by atoms with van der Waals surface area (Å²) in [5, 5.41) is 8.09. The van der Waals surface area contributed by atoms with E-state index in [0.29, 0.717) is 30.3 Å². The highest BCUT2D eigenvalue weighted by Crippen LogP contribution is 2.36. The quantitative estimate of drug-likeness (QED) is 0.409. The Kier molecular flexibility index (Phi) is 9.56. The van der Waals surface area contributed by atoms with E-state index in [4.69, 9.17) is 16.6 Å². The Morgan fingerprint density at radius 2 is 1.81 bits per heavy atom. The van der Waals surface area contributed by atoms with Gasteiger partial charge in [0.1, 0.15) is 13.2 Å². The molecule has 2 unspecified atom stereocenters. The fraction of sp³-hybridized carbons (Fsp3) is 0.552. The molecule has 2 aromatic rings. The number of nitrogens with zero attached hydrogens (tertiary/aromatic N) is 7. The van der Waals surface area contributed by atoms with Gasteiger partial charge in [0.15, 0.2) is 0 Å². The van der Waals surface area contributed by atoms with E-state index in [2.05, 4.69) is 27.3 Å². The zero-order valence-electron chi connectivity index (χ0n) is 24.6. The first-order valence-electron chi connectivity index (χ1n) is 14.5. The number of carbonyl (C=O) groups is 1. The lowest BCUT2D eigenvalue weighted by molar-refractivity contribution is -0.133. The number of likely N-dealkylation sites (tertiary alicyclic amines) is 1. The van der Waals surface area contributed by atoms with Crippen molar-refractivity contribution in [3.63, 3.8) is 0 Å². The zero-order valence-corrected chi connectivity index (χ0v) is 26.2. The van der Waals surface area contributed by atoms with E-state index < -0.39 is 10.0 Å². The number of hydrogen-bond donors (Lipinski definition) is 1. The van der Waals surface area contributed by atoms with Crippen molar-refractivity contribution >= 4 is 38.9 Å². The monoisotopic (exact) mass is 616 g/mol. The molecule has 3 aliphatic heterocycles. The molecule has 0 aliphatic carbocycles. The number of hydrogen-bond acceptors (Lipinski definition) is 8. The van der Waals surface area contributed by atoms with Crippen molar-refractivity contribution in [1.82, 2.24) is 28.8 Å². The fourth-order valence-corrected chi connectivity index (χ4v) is 8.52. The molecule has 2 atom stereocenters. The van der Waals surface area contributed by atoms with Crippen LogP contribution >= 0.6 is 11.6 Å². The lowest BCUT2D eigenvalue weighted by atomic mass is 10.1. The first-order valence-corrected chi connectivity index (χ1v) is 16.5. The first-order chi connectivity index (χ1) is 20.1. The van der Waals surface area contributed by atoms with Crippen LogP contribution in [-0.4, -0.2) is 114 Å². The summed E-state index contributed by atoms with van der Waals surface area (Å²) in [6, 6.07) is 7.00. The summed E-state index contributed by atoms with van der Waals surface area (Å²) in [5.74, 6) is -0.00169. The van der Waals surface area contributed by atoms with E-state index in [9.17, 15) is 13.2 Å². The SMILES string of the molecule is C/C=C(\C(C)=N\CNc1cnn(CC(=O)N2CCN(C)CC2)c1)N1CC2CCC(C1)N2S(=O)(=O)Cc1ccccc1Cl. The molecule has 1 aromatic carbocycles. The number of anilines is 1. The van der Waals surface area contributed by atoms with Gasteiger partial charge in [-0.25, -0.2) is 8.42 Å². The molecule has 42 heavy (non-hydrogen) atoms. The standard InChI is InChI=1S/C29H41ClN8O3S/c1-4-28(22(2)31-21-32-24-15-33-37(16-24)19-29(39)35-13-11-34(3)12-14-35)36-17-25-9-10-26(18-36)38(25)42(40,41)20-23-7-5-6-8-27(23)30/h4-8,15-16,25-26,32H,9-14,17-21H2,1-3H3/b28-4+,31-22+. The Morgan fingerprint density at radius 1 is 1.12 bits per heavy atom. The van der Waals surface area contributed by atoms with Crippen LogP contribution in [0.2, 0.25) is 5.02 Å². The lowest BCUT2D eigenvalue weighted by Gasteiger charge is -2.42. The maximum absolute atomic E-state index is 13.4. The molecule has 1 amide bonds. The Labute approximate surface area is 253 Å². The minimum Gasteiger partial charge on any atom is -0.367 e. The number of benzene rings is 1. The number of sulfonamides is 1. The van der Waals surface area contributed by atoms with Gasteiger partial charge >= 0.3 is 0 Å². The van der Waals surface area contributed by atoms with Crippen LogP contribution in [0.15, 0.2) is 53.4 Å². The molecule has 3 fully saturated rings. The second-order valence-electron chi connectivity index (χ2n) is 11.3. The molecule has 0 saturated carbocycles. The second-order valence-corrected chi connectivity index (χ2v) is 13.6. The van der Waals surface area contributed by atoms with Crippen LogP contribution in [0.3, 0.4) is 0 Å². The van der Waals surface area contributed by atoms with Gasteiger partial charge in [-0.05, 0) is 45.4 Å². The highest BCUT2D eigenvalue weighted by molar-refractivity contribution is 7.88. The largest absolute Gasteiger partial charge is 0.367 e. The van der Waals surface area contributed by atoms with Gasteiger partial charge in [0.05, 0.1) is 29.0 Å². The molecule has 0 radical (unpaired) electrons. The summed E-state index contributed by atoms with van der Waals surface area (Å²) in [7, 11) is -1.43. The minimum absolute atomic E-state index is 0.0727. The predicted molar refractivity (Wildman–Crippen MR) is 166 cm³/mol. The Hall–Kier alpha value is -2.93. The number of aliphatic imine (C=N–C) groups is 1. The molecule has 3 saturated heterocycles. The van der Waals surface area contributed by atoms with Crippen molar-refractivity contribution < 1.29 is 13.2 Å². The van der Waals surface area contributed by atoms with Gasteiger partial charge in [0, 0.05) is 62.6 Å². The van der Waals surface area contributed by atoms with Gasteiger partial charge in [-0.2, -0.15) is 9.40 Å². The van der Waals surface area contributed by atoms with Crippen molar-refractivity contribution in [2.45, 2.75) is 51.1 Å². The lowest BCUT2D eigenvalue weighted by Crippen LogP contribution is -2.55. The molecule has 228 valence electrons. The smallest absolute Gasteiger partial charge is 0.244 e. The Morgan fingerprint density at radius 3 is 2.48 bits per heavy atom. The average Bonchev–Trinajstić information content (AvgIpc) is 3.52. The molecular weight excluding hydrogens is 576 g/mol. The summed E-state index contributed by atoms with van der Waals surface area (Å²) >= 11 is 6.27. The van der Waals surface area contributed by atoms with E-state index in [-0.39, 0.29) is 30.3 Å². The number of halogens is 1. The van der Waals surface area contributed by atoms with Gasteiger partial charge in [-0.15, -0.1) is 0 Å². The van der Waals surface area contributed by atoms with Crippen LogP contribution in [0, 0.1) is 0 Å². The summed E-state index contributed by atoms with van der Waals surface area (Å²) < 4.78 is 30.3. The van der Waals surface area contributed by atoms with Crippen LogP contribution in [0.25, 0.3) is 0 Å². The number of aromatic nitrogens is 2. The maximum atomic E-state index is 13.4. The molecule has 13 heteroatoms. The molecule has 5 rings (SSSR count). The molecule has 0 spiro atoms. The summed E-state index contributed by atoms with van der Waals surface area (Å²) in [4.78, 5) is 23.8. The summed E-state index contributed by atoms with van der Waals surface area (Å²) in [6.45, 7) is 9.10. The normalized spacial score (nSPS) is 22.6. The van der Waals surface area contributed by atoms with Crippen LogP contribution in [0.4, 0.5) is 5.69 Å². The number of nitrogens with one attached hydrogen (secondary N) is 1. The topological polar surface area (TPSA) is 106 Å². The molecule has 2 bridgehead atoms. The third kappa shape index (κ3) is 6.99. The molecule has 11 nitrogen and oxygen atoms in total. The summed E-state index contributed by atoms with van der Waals surface area (Å²) in [5.41, 5.74) is 3.34. The van der Waals surface area contributed by atoms with Gasteiger partial charge in [0.2, 0.25) is 15.9 Å². The van der Waals surface area contributed by atoms with E-state index in [1.54, 1.807) is 27.3 Å². The van der Waals surface area contributed by atoms with Crippen LogP contribution in [0.5, 0.6) is 0 Å². The van der Waals surface area contributed by atoms with E-state index >= 15 is 0 Å². The van der Waals surface area contributed by atoms with Gasteiger partial charge < -0.3 is 20.0 Å². The number of piperazine rings is 2. The zero-order chi connectivity index (χ0) is 29.9. The summed E-state index contributed by atoms with van der Waals surface area (Å²) in [6.07, 6.45) is 7.28. The molecule has 4 heterocycles. The third-order valence-electron chi connectivity index (χ3n) is 8.40. The average molecular weight is 617 g/mol. The van der Waals surface area contributed by atoms with Crippen LogP contribution in [-0.2, 0) is 27.1 Å². The maximum Gasteiger partial charge on any atom is 0.244 e. The van der Waals surface area contributed by atoms with Crippen molar-refractivity contribution in [2.75, 3.05) is 58.3 Å². The first kappa shape index (κ1) is 30.5. The van der Waals surface area contributed by atoms with E-state index in [0.717, 1.165) is 56.1 Å². The van der Waals surface area contributed by atoms with E-state index in [1.165, 1.54) is 0 Å². The highest BCUT2D eigenvalue weighted by atomic mass is 35.5. The van der Waals surface area contributed by atoms with Crippen molar-refractivity contribution in [3.8, 4) is 0 Å². The van der Waals surface area contributed by atoms with Gasteiger partial charge in [-0.1, -0.05) is 35.9 Å². The van der Waals surface area contributed by atoms with Gasteiger partial charge in [-0.3, -0.25) is 14.5 Å². The minimum atomic E-state index is -3.50. The Bertz CT molecular complexity index is 1420. The number of allylic oxidation sites excluding steroid dienone is 2. The van der Waals surface area contributed by atoms with Crippen LogP contribution < -0.4 is 5.32 Å². The number of likely N-dealkylation sites (N-methyl/N-ethyl adjacent to an activating group) is 1. The van der Waals surface area contributed by atoms with Crippen molar-refractivity contribution in [3.05, 3.63) is 59.0 Å². The molecule has 3 aliphatic rings. The third-order valence-corrected chi connectivity index (χ3v) is 10.7. The fourth-order valence-electron chi connectivity index (χ4n) is 6.19.